The number of rotatable bonds is 4. The predicted molar refractivity (Wildman–Crippen MR) is 53.5 cm³/mol. The van der Waals surface area contributed by atoms with E-state index in [4.69, 9.17) is 0 Å². The SMILES string of the molecule is CC1CCN(CC(C)NC=O)CC1. The molecule has 3 nitrogen and oxygen atoms in total. The Balaban J connectivity index is 2.18. The molecule has 76 valence electrons. The molecule has 0 aliphatic carbocycles. The first-order chi connectivity index (χ1) is 6.22. The quantitative estimate of drug-likeness (QED) is 0.657. The fourth-order valence-corrected chi connectivity index (χ4v) is 1.80. The van der Waals surface area contributed by atoms with Crippen molar-refractivity contribution in [3.05, 3.63) is 0 Å². The van der Waals surface area contributed by atoms with E-state index in [0.29, 0.717) is 0 Å². The number of nitrogens with zero attached hydrogens (tertiary/aromatic N) is 1. The van der Waals surface area contributed by atoms with Gasteiger partial charge in [-0.3, -0.25) is 4.79 Å². The highest BCUT2D eigenvalue weighted by atomic mass is 16.1. The Kier molecular flexibility index (Phi) is 4.22. The van der Waals surface area contributed by atoms with E-state index in [1.165, 1.54) is 25.9 Å². The number of carbonyl (C=O) groups excluding carboxylic acids is 1. The van der Waals surface area contributed by atoms with E-state index in [-0.39, 0.29) is 6.04 Å². The number of amides is 1. The maximum absolute atomic E-state index is 10.2. The molecule has 0 saturated carbocycles. The van der Waals surface area contributed by atoms with Crippen LogP contribution < -0.4 is 5.32 Å². The molecule has 1 heterocycles. The molecule has 0 aromatic heterocycles. The minimum absolute atomic E-state index is 0.283. The van der Waals surface area contributed by atoms with Crippen molar-refractivity contribution in [2.75, 3.05) is 19.6 Å². The second kappa shape index (κ2) is 5.22. The van der Waals surface area contributed by atoms with Crippen LogP contribution in [0, 0.1) is 5.92 Å². The van der Waals surface area contributed by atoms with Gasteiger partial charge in [0.05, 0.1) is 0 Å². The van der Waals surface area contributed by atoms with Gasteiger partial charge in [-0.15, -0.1) is 0 Å². The molecule has 0 bridgehead atoms. The second-order valence-electron chi connectivity index (χ2n) is 4.17. The fourth-order valence-electron chi connectivity index (χ4n) is 1.80. The maximum atomic E-state index is 10.2. The van der Waals surface area contributed by atoms with Gasteiger partial charge in [0, 0.05) is 12.6 Å². The number of hydrogen-bond acceptors (Lipinski definition) is 2. The minimum Gasteiger partial charge on any atom is -0.355 e. The van der Waals surface area contributed by atoms with Crippen molar-refractivity contribution in [3.63, 3.8) is 0 Å². The van der Waals surface area contributed by atoms with Crippen molar-refractivity contribution >= 4 is 6.41 Å². The van der Waals surface area contributed by atoms with Gasteiger partial charge in [-0.2, -0.15) is 0 Å². The topological polar surface area (TPSA) is 32.3 Å². The van der Waals surface area contributed by atoms with Crippen molar-refractivity contribution in [1.29, 1.82) is 0 Å². The van der Waals surface area contributed by atoms with Crippen molar-refractivity contribution in [2.45, 2.75) is 32.7 Å². The third-order valence-electron chi connectivity index (χ3n) is 2.76. The summed E-state index contributed by atoms with van der Waals surface area (Å²) in [6.07, 6.45) is 3.39. The Morgan fingerprint density at radius 2 is 2.15 bits per heavy atom. The van der Waals surface area contributed by atoms with Gasteiger partial charge in [-0.25, -0.2) is 0 Å². The Hall–Kier alpha value is -0.570. The van der Waals surface area contributed by atoms with Gasteiger partial charge in [0.25, 0.3) is 0 Å². The molecule has 1 unspecified atom stereocenters. The van der Waals surface area contributed by atoms with Crippen LogP contribution in [0.4, 0.5) is 0 Å². The van der Waals surface area contributed by atoms with Gasteiger partial charge in [-0.1, -0.05) is 6.92 Å². The molecular weight excluding hydrogens is 164 g/mol. The molecule has 3 heteroatoms. The van der Waals surface area contributed by atoms with Gasteiger partial charge in [0.1, 0.15) is 0 Å². The lowest BCUT2D eigenvalue weighted by Gasteiger charge is -2.31. The van der Waals surface area contributed by atoms with Crippen LogP contribution >= 0.6 is 0 Å². The molecule has 1 aliphatic rings. The first-order valence-corrected chi connectivity index (χ1v) is 5.14. The minimum atomic E-state index is 0.283. The molecule has 0 radical (unpaired) electrons. The summed E-state index contributed by atoms with van der Waals surface area (Å²) in [7, 11) is 0. The van der Waals surface area contributed by atoms with Crippen LogP contribution in [0.15, 0.2) is 0 Å². The van der Waals surface area contributed by atoms with Crippen LogP contribution in [0.25, 0.3) is 0 Å². The van der Waals surface area contributed by atoms with Crippen LogP contribution in [0.2, 0.25) is 0 Å². The molecule has 1 fully saturated rings. The summed E-state index contributed by atoms with van der Waals surface area (Å²) in [6, 6.07) is 0.283. The third-order valence-corrected chi connectivity index (χ3v) is 2.76. The van der Waals surface area contributed by atoms with E-state index >= 15 is 0 Å². The summed E-state index contributed by atoms with van der Waals surface area (Å²) < 4.78 is 0. The molecule has 0 aromatic carbocycles. The number of nitrogens with one attached hydrogen (secondary N) is 1. The molecule has 0 aromatic rings. The molecule has 1 aliphatic heterocycles. The first kappa shape index (κ1) is 10.5. The molecule has 1 N–H and O–H groups in total. The number of hydrogen-bond donors (Lipinski definition) is 1. The molecule has 1 rings (SSSR count). The molecule has 1 saturated heterocycles. The summed E-state index contributed by atoms with van der Waals surface area (Å²) in [5, 5.41) is 2.78. The van der Waals surface area contributed by atoms with E-state index in [2.05, 4.69) is 17.1 Å². The van der Waals surface area contributed by atoms with Crippen molar-refractivity contribution < 1.29 is 4.79 Å². The van der Waals surface area contributed by atoms with Crippen LogP contribution in [-0.2, 0) is 4.79 Å². The van der Waals surface area contributed by atoms with Gasteiger partial charge in [0.2, 0.25) is 6.41 Å². The summed E-state index contributed by atoms with van der Waals surface area (Å²) in [4.78, 5) is 12.6. The standard InChI is InChI=1S/C10H20N2O/c1-9-3-5-12(6-4-9)7-10(2)11-8-13/h8-10H,3-7H2,1-2H3,(H,11,13). The van der Waals surface area contributed by atoms with E-state index < -0.39 is 0 Å². The summed E-state index contributed by atoms with van der Waals surface area (Å²) in [5.74, 6) is 0.880. The van der Waals surface area contributed by atoms with Gasteiger partial charge in [0.15, 0.2) is 0 Å². The Labute approximate surface area is 80.5 Å². The number of likely N-dealkylation sites (tertiary alicyclic amines) is 1. The Bertz CT molecular complexity index is 153. The number of piperidine rings is 1. The van der Waals surface area contributed by atoms with Crippen LogP contribution in [0.1, 0.15) is 26.7 Å². The lowest BCUT2D eigenvalue weighted by atomic mass is 9.99. The normalized spacial score (nSPS) is 22.6. The van der Waals surface area contributed by atoms with Crippen LogP contribution in [0.5, 0.6) is 0 Å². The zero-order valence-corrected chi connectivity index (χ0v) is 8.62. The lowest BCUT2D eigenvalue weighted by Crippen LogP contribution is -2.42. The summed E-state index contributed by atoms with van der Waals surface area (Å²) in [5.41, 5.74) is 0. The van der Waals surface area contributed by atoms with Crippen molar-refractivity contribution in [2.24, 2.45) is 5.92 Å². The average molecular weight is 184 g/mol. The maximum Gasteiger partial charge on any atom is 0.207 e. The summed E-state index contributed by atoms with van der Waals surface area (Å²) >= 11 is 0. The number of carbonyl (C=O) groups is 1. The lowest BCUT2D eigenvalue weighted by molar-refractivity contribution is -0.110. The molecule has 1 amide bonds. The smallest absolute Gasteiger partial charge is 0.207 e. The second-order valence-corrected chi connectivity index (χ2v) is 4.17. The molecule has 13 heavy (non-hydrogen) atoms. The third kappa shape index (κ3) is 3.77. The van der Waals surface area contributed by atoms with Gasteiger partial charge < -0.3 is 10.2 Å². The van der Waals surface area contributed by atoms with Crippen LogP contribution in [0.3, 0.4) is 0 Å². The van der Waals surface area contributed by atoms with Crippen molar-refractivity contribution in [1.82, 2.24) is 10.2 Å². The molecule has 0 spiro atoms. The van der Waals surface area contributed by atoms with Gasteiger partial charge in [-0.05, 0) is 38.8 Å². The van der Waals surface area contributed by atoms with E-state index in [9.17, 15) is 4.79 Å². The largest absolute Gasteiger partial charge is 0.355 e. The average Bonchev–Trinajstić information content (AvgIpc) is 2.09. The first-order valence-electron chi connectivity index (χ1n) is 5.14. The summed E-state index contributed by atoms with van der Waals surface area (Å²) in [6.45, 7) is 7.72. The fraction of sp³-hybridized carbons (Fsp3) is 0.900. The van der Waals surface area contributed by atoms with Gasteiger partial charge >= 0.3 is 0 Å². The van der Waals surface area contributed by atoms with E-state index in [1.54, 1.807) is 0 Å². The molecular formula is C10H20N2O. The molecule has 1 atom stereocenters. The highest BCUT2D eigenvalue weighted by molar-refractivity contribution is 5.46. The highest BCUT2D eigenvalue weighted by Crippen LogP contribution is 2.15. The van der Waals surface area contributed by atoms with E-state index in [1.807, 2.05) is 6.92 Å². The van der Waals surface area contributed by atoms with Crippen LogP contribution in [-0.4, -0.2) is 37.0 Å². The van der Waals surface area contributed by atoms with E-state index in [0.717, 1.165) is 18.9 Å². The van der Waals surface area contributed by atoms with Crippen molar-refractivity contribution in [3.8, 4) is 0 Å². The zero-order chi connectivity index (χ0) is 9.68. The predicted octanol–water partition coefficient (Wildman–Crippen LogP) is 0.853. The zero-order valence-electron chi connectivity index (χ0n) is 8.62. The Morgan fingerprint density at radius 3 is 2.69 bits per heavy atom. The Morgan fingerprint density at radius 1 is 1.54 bits per heavy atom. The highest BCUT2D eigenvalue weighted by Gasteiger charge is 2.16. The monoisotopic (exact) mass is 184 g/mol.